The lowest BCUT2D eigenvalue weighted by Crippen LogP contribution is -2.17. The van der Waals surface area contributed by atoms with Gasteiger partial charge in [-0.1, -0.05) is 24.3 Å². The summed E-state index contributed by atoms with van der Waals surface area (Å²) in [6.45, 7) is 3.21. The highest BCUT2D eigenvalue weighted by Gasteiger charge is 2.52. The third-order valence-corrected chi connectivity index (χ3v) is 5.50. The van der Waals surface area contributed by atoms with Crippen molar-refractivity contribution in [3.05, 3.63) is 60.8 Å². The molecule has 1 N–H and O–H groups in total. The van der Waals surface area contributed by atoms with E-state index in [2.05, 4.69) is 58.8 Å². The minimum atomic E-state index is 0.763. The number of nitrogens with zero attached hydrogens (tertiary/aromatic N) is 1. The molecule has 3 heteroatoms. The van der Waals surface area contributed by atoms with E-state index in [-0.39, 0.29) is 0 Å². The summed E-state index contributed by atoms with van der Waals surface area (Å²) in [6, 6.07) is 18.9. The Bertz CT molecular complexity index is 864. The molecule has 3 nitrogen and oxygen atoms in total. The Morgan fingerprint density at radius 2 is 1.75 bits per heavy atom. The van der Waals surface area contributed by atoms with Crippen molar-refractivity contribution in [3.8, 4) is 16.9 Å². The van der Waals surface area contributed by atoms with Crippen LogP contribution in [0.1, 0.15) is 0 Å². The maximum Gasteiger partial charge on any atom is 0.119 e. The predicted molar refractivity (Wildman–Crippen MR) is 96.0 cm³/mol. The lowest BCUT2D eigenvalue weighted by atomic mass is 10.0. The quantitative estimate of drug-likeness (QED) is 0.796. The van der Waals surface area contributed by atoms with Crippen molar-refractivity contribution in [1.29, 1.82) is 0 Å². The number of rotatable bonds is 4. The van der Waals surface area contributed by atoms with E-state index in [1.807, 2.05) is 12.3 Å². The highest BCUT2D eigenvalue weighted by Crippen LogP contribution is 2.48. The molecule has 1 aromatic heterocycles. The topological polar surface area (TPSA) is 34.1 Å². The summed E-state index contributed by atoms with van der Waals surface area (Å²) in [4.78, 5) is 4.38. The van der Waals surface area contributed by atoms with Crippen LogP contribution in [0.4, 0.5) is 0 Å². The standard InChI is InChI=1S/C21H20N2O/c1-2-16-10-15(5-8-21(16)23-9-1)14-3-6-17(7-4-14)24-13-20-18-11-22-12-19(18)20/h1-10,18-20,22H,11-13H2. The van der Waals surface area contributed by atoms with Gasteiger partial charge in [0.15, 0.2) is 0 Å². The first-order valence-electron chi connectivity index (χ1n) is 8.67. The van der Waals surface area contributed by atoms with Crippen LogP contribution in [0, 0.1) is 17.8 Å². The van der Waals surface area contributed by atoms with Gasteiger partial charge in [0.1, 0.15) is 5.75 Å². The van der Waals surface area contributed by atoms with Gasteiger partial charge in [0.2, 0.25) is 0 Å². The van der Waals surface area contributed by atoms with Crippen molar-refractivity contribution in [3.63, 3.8) is 0 Å². The summed E-state index contributed by atoms with van der Waals surface area (Å²) in [5, 5.41) is 4.60. The molecular formula is C21H20N2O. The summed E-state index contributed by atoms with van der Waals surface area (Å²) in [5.41, 5.74) is 3.45. The number of hydrogen-bond acceptors (Lipinski definition) is 3. The van der Waals surface area contributed by atoms with Crippen LogP contribution in [0.15, 0.2) is 60.8 Å². The van der Waals surface area contributed by atoms with E-state index < -0.39 is 0 Å². The van der Waals surface area contributed by atoms with Crippen LogP contribution in [0.2, 0.25) is 0 Å². The molecule has 0 bridgehead atoms. The Kier molecular flexibility index (Phi) is 3.27. The second-order valence-corrected chi connectivity index (χ2v) is 6.90. The van der Waals surface area contributed by atoms with Crippen LogP contribution in [0.25, 0.3) is 22.0 Å². The zero-order valence-corrected chi connectivity index (χ0v) is 13.5. The van der Waals surface area contributed by atoms with Gasteiger partial charge in [-0.3, -0.25) is 4.98 Å². The molecule has 2 aliphatic rings. The molecule has 1 saturated carbocycles. The number of aromatic nitrogens is 1. The fourth-order valence-electron chi connectivity index (χ4n) is 3.98. The van der Waals surface area contributed by atoms with Crippen molar-refractivity contribution in [2.75, 3.05) is 19.7 Å². The SMILES string of the molecule is c1cnc2ccc(-c3ccc(OCC4C5CNCC54)cc3)cc2c1. The molecule has 2 heterocycles. The van der Waals surface area contributed by atoms with Crippen LogP contribution >= 0.6 is 0 Å². The summed E-state index contributed by atoms with van der Waals surface area (Å²) in [5.74, 6) is 3.45. The summed E-state index contributed by atoms with van der Waals surface area (Å²) in [7, 11) is 0. The zero-order valence-electron chi connectivity index (χ0n) is 13.5. The average Bonchev–Trinajstić information content (AvgIpc) is 3.07. The van der Waals surface area contributed by atoms with E-state index in [0.717, 1.165) is 35.6 Å². The predicted octanol–water partition coefficient (Wildman–Crippen LogP) is 3.75. The van der Waals surface area contributed by atoms with Gasteiger partial charge in [-0.25, -0.2) is 0 Å². The lowest BCUT2D eigenvalue weighted by molar-refractivity contribution is 0.280. The average molecular weight is 316 g/mol. The van der Waals surface area contributed by atoms with E-state index in [1.165, 1.54) is 29.6 Å². The van der Waals surface area contributed by atoms with Gasteiger partial charge in [0.25, 0.3) is 0 Å². The summed E-state index contributed by atoms with van der Waals surface area (Å²) >= 11 is 0. The van der Waals surface area contributed by atoms with E-state index in [0.29, 0.717) is 0 Å². The van der Waals surface area contributed by atoms with Gasteiger partial charge in [-0.15, -0.1) is 0 Å². The minimum Gasteiger partial charge on any atom is -0.493 e. The highest BCUT2D eigenvalue weighted by atomic mass is 16.5. The molecule has 3 aromatic rings. The molecule has 2 aromatic carbocycles. The number of nitrogens with one attached hydrogen (secondary N) is 1. The first-order chi connectivity index (χ1) is 11.9. The fourth-order valence-corrected chi connectivity index (χ4v) is 3.98. The molecule has 0 amide bonds. The Morgan fingerprint density at radius 3 is 2.58 bits per heavy atom. The molecule has 5 rings (SSSR count). The molecule has 0 spiro atoms. The molecule has 2 unspecified atom stereocenters. The number of hydrogen-bond donors (Lipinski definition) is 1. The number of benzene rings is 2. The number of pyridine rings is 1. The van der Waals surface area contributed by atoms with Gasteiger partial charge in [0.05, 0.1) is 12.1 Å². The fraction of sp³-hybridized carbons (Fsp3) is 0.286. The highest BCUT2D eigenvalue weighted by molar-refractivity contribution is 5.84. The van der Waals surface area contributed by atoms with Crippen LogP contribution < -0.4 is 10.1 Å². The molecule has 2 atom stereocenters. The summed E-state index contributed by atoms with van der Waals surface area (Å²) < 4.78 is 5.99. The van der Waals surface area contributed by atoms with Crippen molar-refractivity contribution in [1.82, 2.24) is 10.3 Å². The van der Waals surface area contributed by atoms with Gasteiger partial charge in [0, 0.05) is 17.5 Å². The number of fused-ring (bicyclic) bond motifs is 2. The van der Waals surface area contributed by atoms with Crippen LogP contribution in [0.3, 0.4) is 0 Å². The molecule has 1 saturated heterocycles. The first kappa shape index (κ1) is 14.0. The molecule has 2 fully saturated rings. The van der Waals surface area contributed by atoms with Crippen LogP contribution in [0.5, 0.6) is 5.75 Å². The number of ether oxygens (including phenoxy) is 1. The van der Waals surface area contributed by atoms with E-state index >= 15 is 0 Å². The van der Waals surface area contributed by atoms with Crippen molar-refractivity contribution in [2.45, 2.75) is 0 Å². The van der Waals surface area contributed by atoms with Crippen LogP contribution in [-0.4, -0.2) is 24.7 Å². The molecular weight excluding hydrogens is 296 g/mol. The van der Waals surface area contributed by atoms with E-state index in [1.54, 1.807) is 0 Å². The van der Waals surface area contributed by atoms with Crippen molar-refractivity contribution >= 4 is 10.9 Å². The normalized spacial score (nSPS) is 24.8. The second kappa shape index (κ2) is 5.60. The zero-order chi connectivity index (χ0) is 15.9. The van der Waals surface area contributed by atoms with Gasteiger partial charge >= 0.3 is 0 Å². The molecule has 1 aliphatic carbocycles. The Labute approximate surface area is 141 Å². The van der Waals surface area contributed by atoms with Crippen LogP contribution in [-0.2, 0) is 0 Å². The molecule has 120 valence electrons. The first-order valence-corrected chi connectivity index (χ1v) is 8.67. The molecule has 1 aliphatic heterocycles. The van der Waals surface area contributed by atoms with Gasteiger partial charge in [-0.05, 0) is 66.4 Å². The Hall–Kier alpha value is -2.39. The van der Waals surface area contributed by atoms with E-state index in [4.69, 9.17) is 4.74 Å². The maximum absolute atomic E-state index is 5.99. The van der Waals surface area contributed by atoms with Crippen molar-refractivity contribution in [2.24, 2.45) is 17.8 Å². The third-order valence-electron chi connectivity index (χ3n) is 5.50. The lowest BCUT2D eigenvalue weighted by Gasteiger charge is -2.09. The summed E-state index contributed by atoms with van der Waals surface area (Å²) in [6.07, 6.45) is 1.83. The Morgan fingerprint density at radius 1 is 0.958 bits per heavy atom. The van der Waals surface area contributed by atoms with Gasteiger partial charge in [-0.2, -0.15) is 0 Å². The molecule has 24 heavy (non-hydrogen) atoms. The molecule has 0 radical (unpaired) electrons. The third kappa shape index (κ3) is 2.45. The smallest absolute Gasteiger partial charge is 0.119 e. The van der Waals surface area contributed by atoms with Crippen molar-refractivity contribution < 1.29 is 4.74 Å². The second-order valence-electron chi connectivity index (χ2n) is 6.90. The van der Waals surface area contributed by atoms with E-state index in [9.17, 15) is 0 Å². The maximum atomic E-state index is 5.99. The number of piperidine rings is 1. The largest absolute Gasteiger partial charge is 0.493 e. The minimum absolute atomic E-state index is 0.763. The van der Waals surface area contributed by atoms with Gasteiger partial charge < -0.3 is 10.1 Å². The monoisotopic (exact) mass is 316 g/mol. The Balaban J connectivity index is 1.30.